The first kappa shape index (κ1) is 14.9. The van der Waals surface area contributed by atoms with Crippen LogP contribution in [0.5, 0.6) is 11.5 Å². The summed E-state index contributed by atoms with van der Waals surface area (Å²) in [6, 6.07) is 3.23. The smallest absolute Gasteiger partial charge is 0.312 e. The molecule has 0 saturated heterocycles. The molecule has 1 aromatic carbocycles. The number of fused-ring (bicyclic) bond motifs is 3. The van der Waals surface area contributed by atoms with Crippen LogP contribution in [0.3, 0.4) is 0 Å². The third-order valence-corrected chi connectivity index (χ3v) is 5.65. The van der Waals surface area contributed by atoms with Gasteiger partial charge in [-0.15, -0.1) is 0 Å². The summed E-state index contributed by atoms with van der Waals surface area (Å²) in [5.74, 6) is -0.395. The van der Waals surface area contributed by atoms with E-state index in [0.717, 1.165) is 30.4 Å². The number of carbonyl (C=O) groups excluding carboxylic acids is 1. The van der Waals surface area contributed by atoms with Gasteiger partial charge in [0.05, 0.1) is 12.5 Å². The van der Waals surface area contributed by atoms with Crippen LogP contribution >= 0.6 is 0 Å². The van der Waals surface area contributed by atoms with Crippen molar-refractivity contribution in [2.45, 2.75) is 38.5 Å². The van der Waals surface area contributed by atoms with Crippen LogP contribution in [0.25, 0.3) is 6.08 Å². The first-order valence-corrected chi connectivity index (χ1v) is 7.66. The molecule has 0 heterocycles. The van der Waals surface area contributed by atoms with Crippen LogP contribution in [0.2, 0.25) is 0 Å². The lowest BCUT2D eigenvalue weighted by atomic mass is 9.51. The summed E-state index contributed by atoms with van der Waals surface area (Å²) < 4.78 is 5.06. The molecule has 0 amide bonds. The molecule has 1 unspecified atom stereocenters. The zero-order valence-electron chi connectivity index (χ0n) is 13.2. The SMILES string of the molecule is COC(=O)[C@@]1(C)CCC[C@]2(C)c3cc(O)c(O)cc3C=CC12. The summed E-state index contributed by atoms with van der Waals surface area (Å²) in [6.07, 6.45) is 6.66. The average Bonchev–Trinajstić information content (AvgIpc) is 2.48. The fourth-order valence-corrected chi connectivity index (χ4v) is 4.45. The minimum Gasteiger partial charge on any atom is -0.504 e. The maximum Gasteiger partial charge on any atom is 0.312 e. The largest absolute Gasteiger partial charge is 0.504 e. The van der Waals surface area contributed by atoms with E-state index in [9.17, 15) is 15.0 Å². The number of phenols is 2. The fraction of sp³-hybridized carbons (Fsp3) is 0.500. The Kier molecular flexibility index (Phi) is 3.24. The van der Waals surface area contributed by atoms with Crippen LogP contribution in [0.1, 0.15) is 44.2 Å². The fourth-order valence-electron chi connectivity index (χ4n) is 4.45. The number of hydrogen-bond acceptors (Lipinski definition) is 4. The van der Waals surface area contributed by atoms with E-state index < -0.39 is 5.41 Å². The molecule has 2 N–H and O–H groups in total. The topological polar surface area (TPSA) is 66.8 Å². The van der Waals surface area contributed by atoms with Crippen molar-refractivity contribution in [2.24, 2.45) is 11.3 Å². The van der Waals surface area contributed by atoms with Crippen molar-refractivity contribution < 1.29 is 19.7 Å². The van der Waals surface area contributed by atoms with E-state index in [-0.39, 0.29) is 28.8 Å². The van der Waals surface area contributed by atoms with Crippen molar-refractivity contribution in [2.75, 3.05) is 7.11 Å². The van der Waals surface area contributed by atoms with Gasteiger partial charge >= 0.3 is 5.97 Å². The molecule has 1 saturated carbocycles. The van der Waals surface area contributed by atoms with Gasteiger partial charge in [-0.25, -0.2) is 0 Å². The summed E-state index contributed by atoms with van der Waals surface area (Å²) in [5.41, 5.74) is 1.08. The lowest BCUT2D eigenvalue weighted by Crippen LogP contribution is -2.50. The second-order valence-electron chi connectivity index (χ2n) is 6.95. The zero-order valence-corrected chi connectivity index (χ0v) is 13.2. The Morgan fingerprint density at radius 3 is 2.59 bits per heavy atom. The number of rotatable bonds is 1. The molecule has 0 radical (unpaired) electrons. The number of carbonyl (C=O) groups is 1. The van der Waals surface area contributed by atoms with Gasteiger partial charge in [-0.05, 0) is 43.0 Å². The summed E-state index contributed by atoms with van der Waals surface area (Å²) in [5, 5.41) is 19.6. The van der Waals surface area contributed by atoms with Gasteiger partial charge < -0.3 is 14.9 Å². The van der Waals surface area contributed by atoms with Crippen LogP contribution < -0.4 is 0 Å². The number of ether oxygens (including phenoxy) is 1. The van der Waals surface area contributed by atoms with Crippen LogP contribution in [0.15, 0.2) is 18.2 Å². The molecular formula is C18H22O4. The molecule has 3 rings (SSSR count). The molecule has 0 aliphatic heterocycles. The quantitative estimate of drug-likeness (QED) is 0.616. The Balaban J connectivity index is 2.16. The van der Waals surface area contributed by atoms with E-state index in [1.54, 1.807) is 12.1 Å². The Labute approximate surface area is 130 Å². The maximum atomic E-state index is 12.4. The van der Waals surface area contributed by atoms with E-state index in [1.807, 2.05) is 13.0 Å². The van der Waals surface area contributed by atoms with Gasteiger partial charge in [0, 0.05) is 11.3 Å². The second kappa shape index (κ2) is 4.77. The number of esters is 1. The lowest BCUT2D eigenvalue weighted by Gasteiger charge is -2.51. The van der Waals surface area contributed by atoms with E-state index >= 15 is 0 Å². The molecule has 0 bridgehead atoms. The zero-order chi connectivity index (χ0) is 16.1. The molecule has 1 fully saturated rings. The Bertz CT molecular complexity index is 663. The van der Waals surface area contributed by atoms with E-state index in [2.05, 4.69) is 13.0 Å². The summed E-state index contributed by atoms with van der Waals surface area (Å²) in [7, 11) is 1.43. The number of hydrogen-bond donors (Lipinski definition) is 2. The highest BCUT2D eigenvalue weighted by molar-refractivity contribution is 5.79. The predicted molar refractivity (Wildman–Crippen MR) is 83.6 cm³/mol. The highest BCUT2D eigenvalue weighted by Crippen LogP contribution is 2.57. The molecule has 4 nitrogen and oxygen atoms in total. The molecule has 2 aliphatic rings. The molecule has 1 aromatic rings. The van der Waals surface area contributed by atoms with Crippen LogP contribution in [0, 0.1) is 11.3 Å². The van der Waals surface area contributed by atoms with Crippen molar-refractivity contribution in [3.8, 4) is 11.5 Å². The first-order valence-electron chi connectivity index (χ1n) is 7.66. The Morgan fingerprint density at radius 1 is 1.23 bits per heavy atom. The van der Waals surface area contributed by atoms with E-state index in [0.29, 0.717) is 0 Å². The molecular weight excluding hydrogens is 280 g/mol. The van der Waals surface area contributed by atoms with E-state index in [4.69, 9.17) is 4.74 Å². The number of aromatic hydroxyl groups is 2. The third kappa shape index (κ3) is 1.86. The maximum absolute atomic E-state index is 12.4. The third-order valence-electron chi connectivity index (χ3n) is 5.65. The molecule has 4 heteroatoms. The molecule has 0 spiro atoms. The molecule has 2 aliphatic carbocycles. The van der Waals surface area contributed by atoms with Crippen molar-refractivity contribution >= 4 is 12.0 Å². The predicted octanol–water partition coefficient (Wildman–Crippen LogP) is 3.36. The van der Waals surface area contributed by atoms with Gasteiger partial charge in [0.15, 0.2) is 11.5 Å². The Morgan fingerprint density at radius 2 is 1.91 bits per heavy atom. The highest BCUT2D eigenvalue weighted by Gasteiger charge is 2.54. The second-order valence-corrected chi connectivity index (χ2v) is 6.95. The van der Waals surface area contributed by atoms with Gasteiger partial charge in [0.2, 0.25) is 0 Å². The highest BCUT2D eigenvalue weighted by atomic mass is 16.5. The summed E-state index contributed by atoms with van der Waals surface area (Å²) in [4.78, 5) is 12.4. The van der Waals surface area contributed by atoms with Gasteiger partial charge in [-0.3, -0.25) is 4.79 Å². The minimum absolute atomic E-state index is 0.0117. The van der Waals surface area contributed by atoms with Crippen molar-refractivity contribution in [3.63, 3.8) is 0 Å². The number of methoxy groups -OCH3 is 1. The average molecular weight is 302 g/mol. The van der Waals surface area contributed by atoms with Crippen LogP contribution in [0.4, 0.5) is 0 Å². The van der Waals surface area contributed by atoms with Gasteiger partial charge in [0.25, 0.3) is 0 Å². The van der Waals surface area contributed by atoms with Gasteiger partial charge in [-0.2, -0.15) is 0 Å². The van der Waals surface area contributed by atoms with Crippen LogP contribution in [-0.4, -0.2) is 23.3 Å². The van der Waals surface area contributed by atoms with Crippen molar-refractivity contribution in [1.82, 2.24) is 0 Å². The normalized spacial score (nSPS) is 33.0. The van der Waals surface area contributed by atoms with Crippen molar-refractivity contribution in [3.05, 3.63) is 29.3 Å². The lowest BCUT2D eigenvalue weighted by molar-refractivity contribution is -0.158. The van der Waals surface area contributed by atoms with Crippen LogP contribution in [-0.2, 0) is 14.9 Å². The number of phenolic OH excluding ortho intramolecular Hbond substituents is 2. The van der Waals surface area contributed by atoms with Gasteiger partial charge in [-0.1, -0.05) is 25.5 Å². The number of benzene rings is 1. The van der Waals surface area contributed by atoms with Crippen molar-refractivity contribution in [1.29, 1.82) is 0 Å². The molecule has 3 atom stereocenters. The standard InChI is InChI=1S/C18H22O4/c1-17-7-4-8-18(2,16(21)22-3)15(17)6-5-11-9-13(19)14(20)10-12(11)17/h5-6,9-10,15,19-20H,4,7-8H2,1-3H3/t15?,17-,18+/m1/s1. The monoisotopic (exact) mass is 302 g/mol. The number of allylic oxidation sites excluding steroid dienone is 1. The first-order chi connectivity index (χ1) is 10.3. The summed E-state index contributed by atoms with van der Waals surface area (Å²) in [6.45, 7) is 4.10. The molecule has 118 valence electrons. The van der Waals surface area contributed by atoms with Gasteiger partial charge in [0.1, 0.15) is 0 Å². The molecule has 22 heavy (non-hydrogen) atoms. The Hall–Kier alpha value is -1.97. The summed E-state index contributed by atoms with van der Waals surface area (Å²) >= 11 is 0. The van der Waals surface area contributed by atoms with E-state index in [1.165, 1.54) is 7.11 Å². The molecule has 0 aromatic heterocycles. The minimum atomic E-state index is -0.566.